The van der Waals surface area contributed by atoms with Crippen molar-refractivity contribution >= 4 is 35.0 Å². The molecule has 1 unspecified atom stereocenters. The summed E-state index contributed by atoms with van der Waals surface area (Å²) in [6, 6.07) is 18.4. The zero-order valence-electron chi connectivity index (χ0n) is 17.4. The van der Waals surface area contributed by atoms with E-state index in [0.717, 1.165) is 17.0 Å². The number of anilines is 1. The minimum Gasteiger partial charge on any atom is -0.497 e. The number of ether oxygens (including phenoxy) is 1. The van der Waals surface area contributed by atoms with Gasteiger partial charge in [0.1, 0.15) is 5.75 Å². The third-order valence-corrected chi connectivity index (χ3v) is 5.92. The molecule has 0 aliphatic carbocycles. The van der Waals surface area contributed by atoms with E-state index < -0.39 is 5.25 Å². The zero-order valence-corrected chi connectivity index (χ0v) is 19.0. The number of thioether (sulfide) groups is 1. The number of hydrogen-bond acceptors (Lipinski definition) is 6. The van der Waals surface area contributed by atoms with Gasteiger partial charge in [-0.05, 0) is 61.5 Å². The van der Waals surface area contributed by atoms with Crippen LogP contribution in [0.2, 0.25) is 5.02 Å². The molecule has 32 heavy (non-hydrogen) atoms. The Kier molecular flexibility index (Phi) is 6.72. The van der Waals surface area contributed by atoms with Crippen molar-refractivity contribution in [3.8, 4) is 22.8 Å². The fourth-order valence-corrected chi connectivity index (χ4v) is 4.08. The van der Waals surface area contributed by atoms with Gasteiger partial charge in [-0.25, -0.2) is 0 Å². The predicted octanol–water partition coefficient (Wildman–Crippen LogP) is 5.11. The van der Waals surface area contributed by atoms with Gasteiger partial charge >= 0.3 is 0 Å². The Morgan fingerprint density at radius 3 is 2.53 bits per heavy atom. The number of methoxy groups -OCH3 is 1. The van der Waals surface area contributed by atoms with Crippen molar-refractivity contribution < 1.29 is 9.53 Å². The number of nitrogens with one attached hydrogen (secondary N) is 1. The van der Waals surface area contributed by atoms with E-state index in [1.165, 1.54) is 11.8 Å². The van der Waals surface area contributed by atoms with Crippen molar-refractivity contribution in [1.82, 2.24) is 19.7 Å². The van der Waals surface area contributed by atoms with Crippen molar-refractivity contribution in [3.63, 3.8) is 0 Å². The van der Waals surface area contributed by atoms with Gasteiger partial charge in [0.15, 0.2) is 11.0 Å². The Hall–Kier alpha value is -3.36. The maximum absolute atomic E-state index is 12.8. The number of nitrogens with zero attached hydrogens (tertiary/aromatic N) is 4. The summed E-state index contributed by atoms with van der Waals surface area (Å²) in [5.41, 5.74) is 2.36. The molecule has 0 saturated carbocycles. The Labute approximate surface area is 194 Å². The number of halogens is 1. The molecular formula is C23H20ClN5O2S. The van der Waals surface area contributed by atoms with E-state index >= 15 is 0 Å². The van der Waals surface area contributed by atoms with Gasteiger partial charge < -0.3 is 10.1 Å². The van der Waals surface area contributed by atoms with Gasteiger partial charge in [-0.3, -0.25) is 14.3 Å². The minimum absolute atomic E-state index is 0.160. The molecule has 0 fully saturated rings. The third kappa shape index (κ3) is 4.92. The number of aromatic nitrogens is 4. The maximum atomic E-state index is 12.8. The molecule has 0 radical (unpaired) electrons. The minimum atomic E-state index is -0.430. The van der Waals surface area contributed by atoms with E-state index in [1.54, 1.807) is 43.8 Å². The molecule has 2 aromatic heterocycles. The van der Waals surface area contributed by atoms with Crippen LogP contribution in [-0.4, -0.2) is 38.0 Å². The molecule has 1 N–H and O–H groups in total. The molecule has 0 aliphatic heterocycles. The maximum Gasteiger partial charge on any atom is 0.237 e. The normalized spacial score (nSPS) is 11.7. The van der Waals surface area contributed by atoms with Crippen LogP contribution in [0.4, 0.5) is 5.69 Å². The quantitative estimate of drug-likeness (QED) is 0.382. The second-order valence-electron chi connectivity index (χ2n) is 6.84. The van der Waals surface area contributed by atoms with E-state index in [2.05, 4.69) is 20.5 Å². The first-order valence-corrected chi connectivity index (χ1v) is 11.0. The summed E-state index contributed by atoms with van der Waals surface area (Å²) >= 11 is 7.34. The highest BCUT2D eigenvalue weighted by molar-refractivity contribution is 8.00. The van der Waals surface area contributed by atoms with Crippen LogP contribution in [0.1, 0.15) is 6.92 Å². The highest BCUT2D eigenvalue weighted by Crippen LogP contribution is 2.31. The molecule has 4 aromatic rings. The lowest BCUT2D eigenvalue weighted by atomic mass is 10.2. The van der Waals surface area contributed by atoms with E-state index in [1.807, 2.05) is 47.9 Å². The van der Waals surface area contributed by atoms with E-state index in [9.17, 15) is 4.79 Å². The van der Waals surface area contributed by atoms with Crippen LogP contribution in [-0.2, 0) is 4.79 Å². The number of amides is 1. The topological polar surface area (TPSA) is 81.9 Å². The summed E-state index contributed by atoms with van der Waals surface area (Å²) in [4.78, 5) is 16.9. The van der Waals surface area contributed by atoms with Crippen molar-refractivity contribution in [1.29, 1.82) is 0 Å². The average Bonchev–Trinajstić information content (AvgIpc) is 3.23. The van der Waals surface area contributed by atoms with Gasteiger partial charge in [-0.1, -0.05) is 29.4 Å². The summed E-state index contributed by atoms with van der Waals surface area (Å²) in [6.45, 7) is 1.82. The summed E-state index contributed by atoms with van der Waals surface area (Å²) in [6.07, 6.45) is 3.41. The van der Waals surface area contributed by atoms with Crippen molar-refractivity contribution in [2.75, 3.05) is 12.4 Å². The van der Waals surface area contributed by atoms with Crippen molar-refractivity contribution in [3.05, 3.63) is 78.1 Å². The third-order valence-electron chi connectivity index (χ3n) is 4.65. The monoisotopic (exact) mass is 465 g/mol. The summed E-state index contributed by atoms with van der Waals surface area (Å²) in [5, 5.41) is 12.4. The van der Waals surface area contributed by atoms with Gasteiger partial charge in [0.2, 0.25) is 5.91 Å². The summed E-state index contributed by atoms with van der Waals surface area (Å²) < 4.78 is 7.20. The van der Waals surface area contributed by atoms with Crippen molar-refractivity contribution in [2.45, 2.75) is 17.3 Å². The van der Waals surface area contributed by atoms with Crippen LogP contribution >= 0.6 is 23.4 Å². The first-order chi connectivity index (χ1) is 15.5. The molecule has 162 valence electrons. The largest absolute Gasteiger partial charge is 0.497 e. The standard InChI is InChI=1S/C23H20ClN5O2S/c1-15(22(30)26-18-5-3-4-17(24)14-18)32-23-28-27-21(16-10-12-25-13-11-16)29(23)19-6-8-20(31-2)9-7-19/h3-15H,1-2H3,(H,26,30). The second kappa shape index (κ2) is 9.84. The second-order valence-corrected chi connectivity index (χ2v) is 8.58. The van der Waals surface area contributed by atoms with Gasteiger partial charge in [-0.2, -0.15) is 0 Å². The van der Waals surface area contributed by atoms with Crippen LogP contribution in [0.25, 0.3) is 17.1 Å². The Morgan fingerprint density at radius 2 is 1.84 bits per heavy atom. The molecule has 9 heteroatoms. The summed E-state index contributed by atoms with van der Waals surface area (Å²) in [5.74, 6) is 1.24. The predicted molar refractivity (Wildman–Crippen MR) is 127 cm³/mol. The highest BCUT2D eigenvalue weighted by atomic mass is 35.5. The zero-order chi connectivity index (χ0) is 22.5. The molecule has 0 aliphatic rings. The van der Waals surface area contributed by atoms with Crippen LogP contribution in [0.3, 0.4) is 0 Å². The van der Waals surface area contributed by atoms with E-state index in [0.29, 0.717) is 21.7 Å². The fourth-order valence-electron chi connectivity index (χ4n) is 3.02. The molecule has 2 heterocycles. The molecule has 4 rings (SSSR count). The number of pyridine rings is 1. The lowest BCUT2D eigenvalue weighted by molar-refractivity contribution is -0.115. The number of rotatable bonds is 7. The number of hydrogen-bond donors (Lipinski definition) is 1. The van der Waals surface area contributed by atoms with Gasteiger partial charge in [0.05, 0.1) is 12.4 Å². The van der Waals surface area contributed by atoms with Crippen molar-refractivity contribution in [2.24, 2.45) is 0 Å². The van der Waals surface area contributed by atoms with Gasteiger partial charge in [-0.15, -0.1) is 10.2 Å². The highest BCUT2D eigenvalue weighted by Gasteiger charge is 2.22. The number of benzene rings is 2. The molecule has 7 nitrogen and oxygen atoms in total. The van der Waals surface area contributed by atoms with E-state index in [-0.39, 0.29) is 5.91 Å². The number of carbonyl (C=O) groups is 1. The molecule has 0 bridgehead atoms. The molecule has 1 amide bonds. The molecular weight excluding hydrogens is 446 g/mol. The Bertz CT molecular complexity index is 1210. The van der Waals surface area contributed by atoms with Crippen LogP contribution < -0.4 is 10.1 Å². The Balaban J connectivity index is 1.64. The molecule has 0 saturated heterocycles. The number of carbonyl (C=O) groups excluding carboxylic acids is 1. The van der Waals surface area contributed by atoms with Gasteiger partial charge in [0, 0.05) is 34.4 Å². The van der Waals surface area contributed by atoms with Crippen LogP contribution in [0, 0.1) is 0 Å². The molecule has 0 spiro atoms. The molecule has 2 aromatic carbocycles. The SMILES string of the molecule is COc1ccc(-n2c(SC(C)C(=O)Nc3cccc(Cl)c3)nnc2-c2ccncc2)cc1. The van der Waals surface area contributed by atoms with Crippen LogP contribution in [0.15, 0.2) is 78.2 Å². The lowest BCUT2D eigenvalue weighted by Gasteiger charge is -2.14. The first-order valence-electron chi connectivity index (χ1n) is 9.78. The first kappa shape index (κ1) is 21.9. The average molecular weight is 466 g/mol. The van der Waals surface area contributed by atoms with Crippen LogP contribution in [0.5, 0.6) is 5.75 Å². The van der Waals surface area contributed by atoms with E-state index in [4.69, 9.17) is 16.3 Å². The summed E-state index contributed by atoms with van der Waals surface area (Å²) in [7, 11) is 1.62. The van der Waals surface area contributed by atoms with Gasteiger partial charge in [0.25, 0.3) is 0 Å². The Morgan fingerprint density at radius 1 is 1.09 bits per heavy atom. The fraction of sp³-hybridized carbons (Fsp3) is 0.130. The smallest absolute Gasteiger partial charge is 0.237 e. The lowest BCUT2D eigenvalue weighted by Crippen LogP contribution is -2.22. The molecule has 1 atom stereocenters.